The van der Waals surface area contributed by atoms with Gasteiger partial charge in [-0.15, -0.1) is 0 Å². The molecule has 1 heterocycles. The van der Waals surface area contributed by atoms with Crippen LogP contribution in [0.5, 0.6) is 0 Å². The molecule has 1 amide bonds. The van der Waals surface area contributed by atoms with E-state index in [1.165, 1.54) is 24.3 Å². The molecule has 0 aliphatic carbocycles. The quantitative estimate of drug-likeness (QED) is 0.519. The lowest BCUT2D eigenvalue weighted by atomic mass is 10.0. The van der Waals surface area contributed by atoms with E-state index >= 15 is 0 Å². The number of halogens is 1. The largest absolute Gasteiger partial charge is 0.350 e. The van der Waals surface area contributed by atoms with Gasteiger partial charge in [-0.2, -0.15) is 9.82 Å². The van der Waals surface area contributed by atoms with Crippen molar-refractivity contribution in [3.63, 3.8) is 0 Å². The van der Waals surface area contributed by atoms with Gasteiger partial charge in [0, 0.05) is 22.8 Å². The minimum Gasteiger partial charge on any atom is -0.350 e. The van der Waals surface area contributed by atoms with E-state index in [0.717, 1.165) is 22.6 Å². The Hall–Kier alpha value is -2.68. The molecule has 0 saturated heterocycles. The monoisotopic (exact) mass is 474 g/mol. The summed E-state index contributed by atoms with van der Waals surface area (Å²) >= 11 is 5.85. The first-order valence-electron chi connectivity index (χ1n) is 10.3. The topological polar surface area (TPSA) is 93.1 Å². The van der Waals surface area contributed by atoms with Gasteiger partial charge in [-0.1, -0.05) is 43.6 Å². The lowest BCUT2D eigenvalue weighted by Crippen LogP contribution is -2.49. The predicted octanol–water partition coefficient (Wildman–Crippen LogP) is 3.76. The molecule has 0 fully saturated rings. The highest BCUT2D eigenvalue weighted by molar-refractivity contribution is 7.89. The number of aromatic nitrogens is 2. The summed E-state index contributed by atoms with van der Waals surface area (Å²) in [5, 5.41) is 7.89. The van der Waals surface area contributed by atoms with Crippen LogP contribution in [0.25, 0.3) is 5.69 Å². The van der Waals surface area contributed by atoms with Crippen LogP contribution in [0, 0.1) is 19.8 Å². The smallest absolute Gasteiger partial charge is 0.241 e. The number of sulfonamides is 1. The summed E-state index contributed by atoms with van der Waals surface area (Å²) < 4.78 is 29.9. The maximum atomic E-state index is 12.9. The second kappa shape index (κ2) is 9.85. The molecule has 0 radical (unpaired) electrons. The molecule has 170 valence electrons. The van der Waals surface area contributed by atoms with E-state index in [2.05, 4.69) is 15.1 Å². The van der Waals surface area contributed by atoms with Crippen LogP contribution in [0.3, 0.4) is 0 Å². The Balaban J connectivity index is 1.75. The molecule has 0 unspecified atom stereocenters. The summed E-state index contributed by atoms with van der Waals surface area (Å²) in [5.41, 5.74) is 3.54. The molecule has 1 aromatic heterocycles. The molecule has 32 heavy (non-hydrogen) atoms. The Morgan fingerprint density at radius 3 is 2.28 bits per heavy atom. The van der Waals surface area contributed by atoms with Crippen LogP contribution in [0.4, 0.5) is 0 Å². The average molecular weight is 475 g/mol. The van der Waals surface area contributed by atoms with Crippen molar-refractivity contribution in [2.45, 2.75) is 45.2 Å². The molecule has 0 aliphatic rings. The summed E-state index contributed by atoms with van der Waals surface area (Å²) in [6.07, 6.45) is 0. The number of hydrogen-bond donors (Lipinski definition) is 2. The number of carbonyl (C=O) groups is 1. The number of amides is 1. The highest BCUT2D eigenvalue weighted by Gasteiger charge is 2.28. The molecule has 0 bridgehead atoms. The van der Waals surface area contributed by atoms with Crippen LogP contribution < -0.4 is 10.0 Å². The zero-order valence-electron chi connectivity index (χ0n) is 18.5. The second-order valence-electron chi connectivity index (χ2n) is 7.91. The number of benzene rings is 2. The van der Waals surface area contributed by atoms with Crippen LogP contribution in [0.1, 0.15) is 30.8 Å². The summed E-state index contributed by atoms with van der Waals surface area (Å²) in [4.78, 5) is 13.0. The van der Waals surface area contributed by atoms with Crippen LogP contribution in [-0.4, -0.2) is 30.1 Å². The Morgan fingerprint density at radius 1 is 1.06 bits per heavy atom. The van der Waals surface area contributed by atoms with E-state index in [1.54, 1.807) is 13.8 Å². The minimum atomic E-state index is -3.88. The molecule has 3 aromatic rings. The van der Waals surface area contributed by atoms with Gasteiger partial charge in [0.05, 0.1) is 16.3 Å². The Kier molecular flexibility index (Phi) is 7.38. The molecule has 7 nitrogen and oxygen atoms in total. The maximum absolute atomic E-state index is 12.9. The number of para-hydroxylation sites is 1. The summed E-state index contributed by atoms with van der Waals surface area (Å²) in [7, 11) is -3.88. The number of nitrogens with one attached hydrogen (secondary N) is 2. The van der Waals surface area contributed by atoms with E-state index in [4.69, 9.17) is 11.6 Å². The van der Waals surface area contributed by atoms with Gasteiger partial charge < -0.3 is 5.32 Å². The SMILES string of the molecule is Cc1nn(-c2ccccc2)c(C)c1CNC(=O)[C@@H](NS(=O)(=O)c1ccc(Cl)cc1)C(C)C. The molecule has 0 spiro atoms. The maximum Gasteiger partial charge on any atom is 0.241 e. The first-order valence-corrected chi connectivity index (χ1v) is 12.1. The number of rotatable bonds is 8. The molecule has 1 atom stereocenters. The molecule has 0 aliphatic heterocycles. The third-order valence-corrected chi connectivity index (χ3v) is 6.95. The van der Waals surface area contributed by atoms with Gasteiger partial charge in [0.15, 0.2) is 0 Å². The lowest BCUT2D eigenvalue weighted by molar-refractivity contribution is -0.123. The second-order valence-corrected chi connectivity index (χ2v) is 10.1. The number of aryl methyl sites for hydroxylation is 1. The first-order chi connectivity index (χ1) is 15.1. The van der Waals surface area contributed by atoms with Crippen LogP contribution in [-0.2, 0) is 21.4 Å². The fourth-order valence-electron chi connectivity index (χ4n) is 3.38. The summed E-state index contributed by atoms with van der Waals surface area (Å²) in [6, 6.07) is 14.6. The molecule has 2 aromatic carbocycles. The number of nitrogens with zero attached hydrogens (tertiary/aromatic N) is 2. The van der Waals surface area contributed by atoms with Crippen molar-refractivity contribution in [3.05, 3.63) is 76.6 Å². The normalized spacial score (nSPS) is 12.7. The van der Waals surface area contributed by atoms with E-state index in [-0.39, 0.29) is 17.4 Å². The average Bonchev–Trinajstić information content (AvgIpc) is 3.04. The molecule has 0 saturated carbocycles. The van der Waals surface area contributed by atoms with Crippen LogP contribution in [0.15, 0.2) is 59.5 Å². The molecular formula is C23H27ClN4O3S. The molecular weight excluding hydrogens is 448 g/mol. The highest BCUT2D eigenvalue weighted by atomic mass is 35.5. The molecule has 3 rings (SSSR count). The van der Waals surface area contributed by atoms with E-state index in [1.807, 2.05) is 48.9 Å². The fourth-order valence-corrected chi connectivity index (χ4v) is 4.85. The van der Waals surface area contributed by atoms with Gasteiger partial charge in [-0.3, -0.25) is 4.79 Å². The lowest BCUT2D eigenvalue weighted by Gasteiger charge is -2.22. The van der Waals surface area contributed by atoms with E-state index < -0.39 is 22.0 Å². The van der Waals surface area contributed by atoms with Crippen molar-refractivity contribution in [1.29, 1.82) is 0 Å². The van der Waals surface area contributed by atoms with E-state index in [9.17, 15) is 13.2 Å². The number of carbonyl (C=O) groups excluding carboxylic acids is 1. The van der Waals surface area contributed by atoms with Crippen molar-refractivity contribution in [2.24, 2.45) is 5.92 Å². The van der Waals surface area contributed by atoms with E-state index in [0.29, 0.717) is 5.02 Å². The van der Waals surface area contributed by atoms with Gasteiger partial charge in [0.1, 0.15) is 6.04 Å². The third kappa shape index (κ3) is 5.38. The first kappa shape index (κ1) is 24.0. The van der Waals surface area contributed by atoms with Crippen LogP contribution in [0.2, 0.25) is 5.02 Å². The highest BCUT2D eigenvalue weighted by Crippen LogP contribution is 2.19. The zero-order valence-corrected chi connectivity index (χ0v) is 20.0. The zero-order chi connectivity index (χ0) is 23.5. The van der Waals surface area contributed by atoms with Crippen molar-refractivity contribution in [2.75, 3.05) is 0 Å². The van der Waals surface area contributed by atoms with Crippen molar-refractivity contribution in [1.82, 2.24) is 19.8 Å². The molecule has 2 N–H and O–H groups in total. The Morgan fingerprint density at radius 2 is 1.69 bits per heavy atom. The van der Waals surface area contributed by atoms with Crippen LogP contribution >= 0.6 is 11.6 Å². The summed E-state index contributed by atoms with van der Waals surface area (Å²) in [5.74, 6) is -0.657. The van der Waals surface area contributed by atoms with Gasteiger partial charge >= 0.3 is 0 Å². The van der Waals surface area contributed by atoms with Gasteiger partial charge in [0.2, 0.25) is 15.9 Å². The predicted molar refractivity (Wildman–Crippen MR) is 125 cm³/mol. The fraction of sp³-hybridized carbons (Fsp3) is 0.304. The number of hydrogen-bond acceptors (Lipinski definition) is 4. The summed E-state index contributed by atoms with van der Waals surface area (Å²) in [6.45, 7) is 7.65. The third-order valence-electron chi connectivity index (χ3n) is 5.24. The molecule has 9 heteroatoms. The van der Waals surface area contributed by atoms with Crippen molar-refractivity contribution in [3.8, 4) is 5.69 Å². The Labute approximate surface area is 193 Å². The van der Waals surface area contributed by atoms with Gasteiger partial charge in [-0.25, -0.2) is 13.1 Å². The Bertz CT molecular complexity index is 1190. The van der Waals surface area contributed by atoms with Gasteiger partial charge in [0.25, 0.3) is 0 Å². The van der Waals surface area contributed by atoms with Crippen molar-refractivity contribution >= 4 is 27.5 Å². The van der Waals surface area contributed by atoms with Crippen molar-refractivity contribution < 1.29 is 13.2 Å². The standard InChI is InChI=1S/C23H27ClN4O3S/c1-15(2)22(27-32(30,31)20-12-10-18(24)11-13-20)23(29)25-14-21-16(3)26-28(17(21)4)19-8-6-5-7-9-19/h5-13,15,22,27H,14H2,1-4H3,(H,25,29)/t22-/m0/s1. The van der Waals surface area contributed by atoms with Gasteiger partial charge in [-0.05, 0) is 56.2 Å². The minimum absolute atomic E-state index is 0.0520.